The Labute approximate surface area is 96.9 Å². The predicted octanol–water partition coefficient (Wildman–Crippen LogP) is 3.60. The first-order valence-corrected chi connectivity index (χ1v) is 8.31. The minimum absolute atomic E-state index is 0.302. The summed E-state index contributed by atoms with van der Waals surface area (Å²) in [6.07, 6.45) is 0.892. The number of aliphatic hydroxyl groups excluding tert-OH is 1. The van der Waals surface area contributed by atoms with Crippen LogP contribution in [-0.4, -0.2) is 17.5 Å². The molecule has 78 valence electrons. The highest BCUT2D eigenvalue weighted by Crippen LogP contribution is 2.36. The van der Waals surface area contributed by atoms with Gasteiger partial charge in [0.25, 0.3) is 0 Å². The lowest BCUT2D eigenvalue weighted by molar-refractivity contribution is 0.296. The maximum atomic E-state index is 8.57. The summed E-state index contributed by atoms with van der Waals surface area (Å²) in [4.78, 5) is 0. The lowest BCUT2D eigenvalue weighted by Crippen LogP contribution is -1.82. The molecule has 0 aromatic heterocycles. The Balaban J connectivity index is 1.99. The summed E-state index contributed by atoms with van der Waals surface area (Å²) in [7, 11) is 5.48. The summed E-state index contributed by atoms with van der Waals surface area (Å²) in [5.74, 6) is 2.08. The molecule has 0 atom stereocenters. The van der Waals surface area contributed by atoms with Crippen molar-refractivity contribution in [3.8, 4) is 0 Å². The molecule has 1 aromatic carbocycles. The van der Waals surface area contributed by atoms with Crippen molar-refractivity contribution in [1.29, 1.82) is 0 Å². The Morgan fingerprint density at radius 1 is 1.07 bits per heavy atom. The second kappa shape index (κ2) is 8.53. The first-order valence-electron chi connectivity index (χ1n) is 4.49. The van der Waals surface area contributed by atoms with E-state index in [0.717, 1.165) is 17.9 Å². The van der Waals surface area contributed by atoms with Gasteiger partial charge >= 0.3 is 0 Å². The first kappa shape index (κ1) is 12.3. The number of hydrogen-bond acceptors (Lipinski definition) is 4. The van der Waals surface area contributed by atoms with Gasteiger partial charge in [0.1, 0.15) is 0 Å². The number of aliphatic hydroxyl groups is 1. The second-order valence-corrected chi connectivity index (χ2v) is 7.07. The molecule has 0 radical (unpaired) electrons. The van der Waals surface area contributed by atoms with Crippen LogP contribution in [0.4, 0.5) is 0 Å². The molecule has 4 heteroatoms. The molecule has 0 amide bonds. The van der Waals surface area contributed by atoms with E-state index in [2.05, 4.69) is 24.3 Å². The number of rotatable bonds is 7. The molecule has 1 aromatic rings. The van der Waals surface area contributed by atoms with Crippen LogP contribution in [-0.2, 0) is 5.75 Å². The van der Waals surface area contributed by atoms with Crippen molar-refractivity contribution in [1.82, 2.24) is 0 Å². The standard InChI is InChI=1S/C10H14OS3/c11-7-4-8-12-14-13-9-10-5-2-1-3-6-10/h1-3,5-6,11H,4,7-9H2. The van der Waals surface area contributed by atoms with E-state index in [1.165, 1.54) is 5.56 Å². The van der Waals surface area contributed by atoms with Crippen molar-refractivity contribution in [3.05, 3.63) is 35.9 Å². The van der Waals surface area contributed by atoms with Gasteiger partial charge in [-0.25, -0.2) is 0 Å². The summed E-state index contributed by atoms with van der Waals surface area (Å²) < 4.78 is 0. The average molecular weight is 246 g/mol. The van der Waals surface area contributed by atoms with Crippen molar-refractivity contribution in [2.24, 2.45) is 0 Å². The summed E-state index contributed by atoms with van der Waals surface area (Å²) in [5, 5.41) is 8.57. The molecule has 0 saturated carbocycles. The van der Waals surface area contributed by atoms with E-state index < -0.39 is 0 Å². The molecule has 14 heavy (non-hydrogen) atoms. The SMILES string of the molecule is OCCCSSSCc1ccccc1. The molecule has 0 fully saturated rings. The van der Waals surface area contributed by atoms with Crippen LogP contribution < -0.4 is 0 Å². The van der Waals surface area contributed by atoms with E-state index in [1.807, 2.05) is 37.5 Å². The van der Waals surface area contributed by atoms with Gasteiger partial charge in [-0.15, -0.1) is 0 Å². The van der Waals surface area contributed by atoms with Crippen LogP contribution in [0.3, 0.4) is 0 Å². The molecule has 1 N–H and O–H groups in total. The van der Waals surface area contributed by atoms with Gasteiger partial charge in [-0.3, -0.25) is 0 Å². The highest BCUT2D eigenvalue weighted by Gasteiger charge is 1.93. The minimum atomic E-state index is 0.302. The van der Waals surface area contributed by atoms with Crippen molar-refractivity contribution < 1.29 is 5.11 Å². The molecule has 0 bridgehead atoms. The van der Waals surface area contributed by atoms with Crippen molar-refractivity contribution >= 4 is 31.4 Å². The van der Waals surface area contributed by atoms with Crippen LogP contribution in [0.2, 0.25) is 0 Å². The highest BCUT2D eigenvalue weighted by atomic mass is 33.5. The summed E-state index contributed by atoms with van der Waals surface area (Å²) in [6, 6.07) is 10.5. The van der Waals surface area contributed by atoms with Gasteiger partial charge in [-0.2, -0.15) is 0 Å². The van der Waals surface area contributed by atoms with Gasteiger partial charge in [0.05, 0.1) is 0 Å². The average Bonchev–Trinajstić information content (AvgIpc) is 2.25. The molecule has 0 saturated heterocycles. The van der Waals surface area contributed by atoms with Gasteiger partial charge in [-0.05, 0) is 21.8 Å². The van der Waals surface area contributed by atoms with E-state index in [-0.39, 0.29) is 0 Å². The fourth-order valence-electron chi connectivity index (χ4n) is 0.858. The van der Waals surface area contributed by atoms with Crippen molar-refractivity contribution in [2.45, 2.75) is 12.2 Å². The van der Waals surface area contributed by atoms with Crippen LogP contribution in [0, 0.1) is 0 Å². The number of hydrogen-bond donors (Lipinski definition) is 1. The van der Waals surface area contributed by atoms with E-state index in [1.54, 1.807) is 0 Å². The summed E-state index contributed by atoms with van der Waals surface area (Å²) in [6.45, 7) is 0.302. The zero-order chi connectivity index (χ0) is 10.1. The molecule has 0 unspecified atom stereocenters. The van der Waals surface area contributed by atoms with Crippen molar-refractivity contribution in [2.75, 3.05) is 12.4 Å². The van der Waals surface area contributed by atoms with Gasteiger partial charge < -0.3 is 5.11 Å². The molecule has 1 nitrogen and oxygen atoms in total. The van der Waals surface area contributed by atoms with Crippen molar-refractivity contribution in [3.63, 3.8) is 0 Å². The zero-order valence-corrected chi connectivity index (χ0v) is 10.3. The molecule has 0 aliphatic rings. The maximum absolute atomic E-state index is 8.57. The van der Waals surface area contributed by atoms with E-state index in [4.69, 9.17) is 5.11 Å². The fourth-order valence-corrected chi connectivity index (χ4v) is 4.59. The van der Waals surface area contributed by atoms with Gasteiger partial charge in [-0.1, -0.05) is 51.9 Å². The molecule has 0 spiro atoms. The van der Waals surface area contributed by atoms with Gasteiger partial charge in [0, 0.05) is 18.1 Å². The van der Waals surface area contributed by atoms with Gasteiger partial charge in [0.15, 0.2) is 0 Å². The van der Waals surface area contributed by atoms with Gasteiger partial charge in [0.2, 0.25) is 0 Å². The molecule has 1 rings (SSSR count). The lowest BCUT2D eigenvalue weighted by Gasteiger charge is -1.99. The Morgan fingerprint density at radius 2 is 1.86 bits per heavy atom. The molecular formula is C10H14OS3. The highest BCUT2D eigenvalue weighted by molar-refractivity contribution is 9.09. The van der Waals surface area contributed by atoms with Crippen LogP contribution in [0.5, 0.6) is 0 Å². The first-order chi connectivity index (χ1) is 6.93. The third-order valence-electron chi connectivity index (χ3n) is 1.55. The minimum Gasteiger partial charge on any atom is -0.396 e. The zero-order valence-electron chi connectivity index (χ0n) is 7.89. The van der Waals surface area contributed by atoms with E-state index >= 15 is 0 Å². The summed E-state index contributed by atoms with van der Waals surface area (Å²) in [5.41, 5.74) is 1.37. The Hall–Kier alpha value is 0.230. The fraction of sp³-hybridized carbons (Fsp3) is 0.400. The third-order valence-corrected chi connectivity index (χ3v) is 5.81. The monoisotopic (exact) mass is 246 g/mol. The Morgan fingerprint density at radius 3 is 2.57 bits per heavy atom. The molecule has 0 heterocycles. The molecule has 0 aliphatic heterocycles. The largest absolute Gasteiger partial charge is 0.396 e. The quantitative estimate of drug-likeness (QED) is 0.585. The topological polar surface area (TPSA) is 20.2 Å². The lowest BCUT2D eigenvalue weighted by atomic mass is 10.2. The maximum Gasteiger partial charge on any atom is 0.0439 e. The van der Waals surface area contributed by atoms with Crippen LogP contribution in [0.25, 0.3) is 0 Å². The van der Waals surface area contributed by atoms with Crippen LogP contribution >= 0.6 is 31.4 Å². The Bertz CT molecular complexity index is 228. The predicted molar refractivity (Wildman–Crippen MR) is 69.5 cm³/mol. The summed E-state index contributed by atoms with van der Waals surface area (Å²) >= 11 is 0. The second-order valence-electron chi connectivity index (χ2n) is 2.71. The molecule has 0 aliphatic carbocycles. The molecular weight excluding hydrogens is 232 g/mol. The van der Waals surface area contributed by atoms with Crippen LogP contribution in [0.1, 0.15) is 12.0 Å². The van der Waals surface area contributed by atoms with E-state index in [0.29, 0.717) is 6.61 Å². The smallest absolute Gasteiger partial charge is 0.0439 e. The Kier molecular flexibility index (Phi) is 7.50. The van der Waals surface area contributed by atoms with Crippen LogP contribution in [0.15, 0.2) is 30.3 Å². The third kappa shape index (κ3) is 5.86. The van der Waals surface area contributed by atoms with E-state index in [9.17, 15) is 0 Å². The normalized spacial score (nSPS) is 10.4. The number of benzene rings is 1.